The monoisotopic (exact) mass is 245 g/mol. The summed E-state index contributed by atoms with van der Waals surface area (Å²) in [6, 6.07) is 0. The van der Waals surface area contributed by atoms with E-state index < -0.39 is 0 Å². The van der Waals surface area contributed by atoms with Crippen LogP contribution in [0.4, 0.5) is 5.69 Å². The van der Waals surface area contributed by atoms with E-state index in [1.807, 2.05) is 18.5 Å². The fraction of sp³-hybridized carbons (Fsp3) is 0.462. The smallest absolute Gasteiger partial charge is 0.172 e. The van der Waals surface area contributed by atoms with Crippen molar-refractivity contribution in [2.45, 2.75) is 40.5 Å². The Labute approximate surface area is 107 Å². The van der Waals surface area contributed by atoms with Crippen LogP contribution in [0.25, 0.3) is 5.82 Å². The predicted molar refractivity (Wildman–Crippen MR) is 71.8 cm³/mol. The van der Waals surface area contributed by atoms with Gasteiger partial charge >= 0.3 is 0 Å². The van der Waals surface area contributed by atoms with E-state index >= 15 is 0 Å². The van der Waals surface area contributed by atoms with E-state index in [-0.39, 0.29) is 0 Å². The van der Waals surface area contributed by atoms with Gasteiger partial charge in [0.15, 0.2) is 5.82 Å². The molecule has 0 saturated heterocycles. The van der Waals surface area contributed by atoms with Crippen molar-refractivity contribution in [2.24, 2.45) is 0 Å². The number of anilines is 1. The van der Waals surface area contributed by atoms with E-state index in [2.05, 4.69) is 28.9 Å². The molecule has 0 aliphatic heterocycles. The summed E-state index contributed by atoms with van der Waals surface area (Å²) in [5, 5.41) is 4.53. The molecule has 0 bridgehead atoms. The number of rotatable bonds is 3. The van der Waals surface area contributed by atoms with Gasteiger partial charge in [0.25, 0.3) is 0 Å². The van der Waals surface area contributed by atoms with Crippen molar-refractivity contribution >= 4 is 5.69 Å². The molecule has 0 aromatic carbocycles. The van der Waals surface area contributed by atoms with Gasteiger partial charge in [0.05, 0.1) is 34.7 Å². The van der Waals surface area contributed by atoms with Crippen molar-refractivity contribution in [3.8, 4) is 5.82 Å². The Morgan fingerprint density at radius 3 is 2.44 bits per heavy atom. The summed E-state index contributed by atoms with van der Waals surface area (Å²) in [4.78, 5) is 8.85. The van der Waals surface area contributed by atoms with Crippen molar-refractivity contribution in [3.63, 3.8) is 0 Å². The van der Waals surface area contributed by atoms with Gasteiger partial charge in [-0.05, 0) is 26.7 Å². The highest BCUT2D eigenvalue weighted by molar-refractivity contribution is 5.50. The number of aryl methyl sites for hydroxylation is 3. The number of nitrogens with zero attached hydrogens (tertiary/aromatic N) is 4. The largest absolute Gasteiger partial charge is 0.396 e. The van der Waals surface area contributed by atoms with Crippen molar-refractivity contribution in [1.29, 1.82) is 0 Å². The molecule has 96 valence electrons. The summed E-state index contributed by atoms with van der Waals surface area (Å²) in [5.41, 5.74) is 10.7. The fourth-order valence-electron chi connectivity index (χ4n) is 1.94. The molecule has 2 heterocycles. The molecule has 0 unspecified atom stereocenters. The average Bonchev–Trinajstić information content (AvgIpc) is 2.69. The van der Waals surface area contributed by atoms with Crippen molar-refractivity contribution in [1.82, 2.24) is 19.7 Å². The Bertz CT molecular complexity index is 571. The van der Waals surface area contributed by atoms with Crippen LogP contribution in [0.5, 0.6) is 0 Å². The van der Waals surface area contributed by atoms with Crippen LogP contribution in [0.15, 0.2) is 6.20 Å². The topological polar surface area (TPSA) is 69.6 Å². The summed E-state index contributed by atoms with van der Waals surface area (Å²) in [6.45, 7) is 8.01. The molecular formula is C13H19N5. The molecule has 0 atom stereocenters. The van der Waals surface area contributed by atoms with Gasteiger partial charge in [-0.1, -0.05) is 13.8 Å². The first kappa shape index (κ1) is 12.5. The summed E-state index contributed by atoms with van der Waals surface area (Å²) >= 11 is 0. The first-order chi connectivity index (χ1) is 8.58. The van der Waals surface area contributed by atoms with Crippen LogP contribution in [0.1, 0.15) is 36.6 Å². The highest BCUT2D eigenvalue weighted by Gasteiger charge is 2.15. The number of aromatic nitrogens is 4. The predicted octanol–water partition coefficient (Wildman–Crippen LogP) is 1.99. The van der Waals surface area contributed by atoms with E-state index in [0.717, 1.165) is 47.1 Å². The molecule has 0 spiro atoms. The maximum Gasteiger partial charge on any atom is 0.172 e. The van der Waals surface area contributed by atoms with Crippen LogP contribution < -0.4 is 5.73 Å². The molecule has 0 fully saturated rings. The summed E-state index contributed by atoms with van der Waals surface area (Å²) in [7, 11) is 0. The number of hydrogen-bond donors (Lipinski definition) is 1. The van der Waals surface area contributed by atoms with Crippen molar-refractivity contribution < 1.29 is 0 Å². The van der Waals surface area contributed by atoms with Gasteiger partial charge in [0.1, 0.15) is 0 Å². The minimum atomic E-state index is 0.737. The van der Waals surface area contributed by atoms with E-state index in [1.54, 1.807) is 6.20 Å². The Morgan fingerprint density at radius 1 is 1.17 bits per heavy atom. The molecule has 0 radical (unpaired) electrons. The van der Waals surface area contributed by atoms with Crippen molar-refractivity contribution in [3.05, 3.63) is 29.0 Å². The minimum Gasteiger partial charge on any atom is -0.396 e. The fourth-order valence-corrected chi connectivity index (χ4v) is 1.94. The lowest BCUT2D eigenvalue weighted by molar-refractivity contribution is 0.760. The second kappa shape index (κ2) is 4.76. The maximum absolute atomic E-state index is 6.10. The summed E-state index contributed by atoms with van der Waals surface area (Å²) in [5.74, 6) is 0.737. The maximum atomic E-state index is 6.10. The molecule has 2 N–H and O–H groups in total. The zero-order valence-corrected chi connectivity index (χ0v) is 11.4. The van der Waals surface area contributed by atoms with Crippen LogP contribution >= 0.6 is 0 Å². The lowest BCUT2D eigenvalue weighted by Gasteiger charge is -2.06. The van der Waals surface area contributed by atoms with E-state index in [1.165, 1.54) is 0 Å². The molecule has 2 aromatic rings. The normalized spacial score (nSPS) is 10.9. The highest BCUT2D eigenvalue weighted by atomic mass is 15.3. The van der Waals surface area contributed by atoms with Gasteiger partial charge in [-0.25, -0.2) is 9.67 Å². The molecule has 2 aromatic heterocycles. The third kappa shape index (κ3) is 1.96. The lowest BCUT2D eigenvalue weighted by Crippen LogP contribution is -2.07. The molecule has 5 heteroatoms. The Hall–Kier alpha value is -1.91. The second-order valence-corrected chi connectivity index (χ2v) is 4.32. The zero-order chi connectivity index (χ0) is 13.3. The second-order valence-electron chi connectivity index (χ2n) is 4.32. The number of nitrogen functional groups attached to an aromatic ring is 1. The van der Waals surface area contributed by atoms with Crippen LogP contribution in [-0.4, -0.2) is 19.7 Å². The SMILES string of the molecule is CCc1nn(-c2cnc(C)c(C)n2)c(CC)c1N. The van der Waals surface area contributed by atoms with E-state index in [9.17, 15) is 0 Å². The van der Waals surface area contributed by atoms with Gasteiger partial charge in [-0.3, -0.25) is 4.98 Å². The molecule has 0 amide bonds. The standard InChI is InChI=1S/C13H19N5/c1-5-10-13(14)11(6-2)18(17-10)12-7-15-8(3)9(4)16-12/h7H,5-6,14H2,1-4H3. The average molecular weight is 245 g/mol. The van der Waals surface area contributed by atoms with E-state index in [4.69, 9.17) is 5.73 Å². The zero-order valence-electron chi connectivity index (χ0n) is 11.4. The quantitative estimate of drug-likeness (QED) is 0.897. The first-order valence-corrected chi connectivity index (χ1v) is 6.25. The number of nitrogens with two attached hydrogens (primary N) is 1. The van der Waals surface area contributed by atoms with Crippen LogP contribution in [-0.2, 0) is 12.8 Å². The van der Waals surface area contributed by atoms with Crippen molar-refractivity contribution in [2.75, 3.05) is 5.73 Å². The molecular weight excluding hydrogens is 226 g/mol. The Balaban J connectivity index is 2.59. The highest BCUT2D eigenvalue weighted by Crippen LogP contribution is 2.21. The summed E-state index contributed by atoms with van der Waals surface area (Å²) in [6.07, 6.45) is 3.39. The molecule has 18 heavy (non-hydrogen) atoms. The van der Waals surface area contributed by atoms with Gasteiger partial charge in [-0.15, -0.1) is 0 Å². The van der Waals surface area contributed by atoms with Crippen LogP contribution in [0, 0.1) is 13.8 Å². The molecule has 2 rings (SSSR count). The van der Waals surface area contributed by atoms with Gasteiger partial charge in [0, 0.05) is 0 Å². The summed E-state index contributed by atoms with van der Waals surface area (Å²) < 4.78 is 1.81. The third-order valence-electron chi connectivity index (χ3n) is 3.16. The lowest BCUT2D eigenvalue weighted by atomic mass is 10.2. The Kier molecular flexibility index (Phi) is 3.32. The molecule has 0 aliphatic rings. The molecule has 5 nitrogen and oxygen atoms in total. The Morgan fingerprint density at radius 2 is 1.89 bits per heavy atom. The molecule has 0 aliphatic carbocycles. The molecule has 0 saturated carbocycles. The first-order valence-electron chi connectivity index (χ1n) is 6.25. The number of hydrogen-bond acceptors (Lipinski definition) is 4. The van der Waals surface area contributed by atoms with Gasteiger partial charge in [-0.2, -0.15) is 5.10 Å². The third-order valence-corrected chi connectivity index (χ3v) is 3.16. The van der Waals surface area contributed by atoms with E-state index in [0.29, 0.717) is 0 Å². The van der Waals surface area contributed by atoms with Gasteiger partial charge in [0.2, 0.25) is 0 Å². The van der Waals surface area contributed by atoms with Crippen LogP contribution in [0.2, 0.25) is 0 Å². The van der Waals surface area contributed by atoms with Crippen LogP contribution in [0.3, 0.4) is 0 Å². The minimum absolute atomic E-state index is 0.737. The van der Waals surface area contributed by atoms with Gasteiger partial charge < -0.3 is 5.73 Å².